The fourth-order valence-electron chi connectivity index (χ4n) is 1.49. The maximum Gasteiger partial charge on any atom is 0.432 e. The molecule has 23 heavy (non-hydrogen) atoms. The third-order valence-corrected chi connectivity index (χ3v) is 4.14. The van der Waals surface area contributed by atoms with Gasteiger partial charge in [-0.2, -0.15) is 13.2 Å². The molecule has 0 aliphatic rings. The molecule has 1 N–H and O–H groups in total. The molecule has 0 fully saturated rings. The van der Waals surface area contributed by atoms with Gasteiger partial charge >= 0.3 is 13.9 Å². The molecule has 0 heterocycles. The topological polar surface area (TPSA) is 47.6 Å². The summed E-state index contributed by atoms with van der Waals surface area (Å²) >= 11 is 0. The summed E-state index contributed by atoms with van der Waals surface area (Å²) < 4.78 is 61.0. The molecule has 132 valence electrons. The van der Waals surface area contributed by atoms with E-state index in [1.165, 1.54) is 12.1 Å². The molecule has 0 atom stereocenters. The summed E-state index contributed by atoms with van der Waals surface area (Å²) in [7, 11) is -3.64. The lowest BCUT2D eigenvalue weighted by molar-refractivity contribution is -0.137. The van der Waals surface area contributed by atoms with Crippen molar-refractivity contribution in [1.82, 2.24) is 0 Å². The van der Waals surface area contributed by atoms with Crippen molar-refractivity contribution in [3.63, 3.8) is 0 Å². The first-order valence-electron chi connectivity index (χ1n) is 7.36. The molecule has 0 aliphatic heterocycles. The summed E-state index contributed by atoms with van der Waals surface area (Å²) in [6.45, 7) is 8.00. The third-order valence-electron chi connectivity index (χ3n) is 2.63. The second-order valence-electron chi connectivity index (χ2n) is 6.06. The van der Waals surface area contributed by atoms with Crippen LogP contribution >= 0.6 is 7.75 Å². The average Bonchev–Trinajstić information content (AvgIpc) is 2.43. The Morgan fingerprint density at radius 3 is 1.78 bits per heavy atom. The number of nitrogens with one attached hydrogen (secondary N) is 1. The molecule has 0 unspecified atom stereocenters. The van der Waals surface area contributed by atoms with Crippen LogP contribution in [0.15, 0.2) is 24.3 Å². The zero-order chi connectivity index (χ0) is 17.7. The Morgan fingerprint density at radius 2 is 1.43 bits per heavy atom. The molecule has 0 saturated heterocycles. The summed E-state index contributed by atoms with van der Waals surface area (Å²) in [4.78, 5) is 0. The van der Waals surface area contributed by atoms with Gasteiger partial charge in [0.2, 0.25) is 0 Å². The Morgan fingerprint density at radius 1 is 1.00 bits per heavy atom. The van der Waals surface area contributed by atoms with Gasteiger partial charge in [-0.15, -0.1) is 0 Å². The predicted octanol–water partition coefficient (Wildman–Crippen LogP) is 5.57. The number of halogens is 3. The van der Waals surface area contributed by atoms with Crippen molar-refractivity contribution < 1.29 is 26.8 Å². The van der Waals surface area contributed by atoms with Crippen LogP contribution in [0.3, 0.4) is 0 Å². The summed E-state index contributed by atoms with van der Waals surface area (Å²) in [6, 6.07) is 4.23. The lowest BCUT2D eigenvalue weighted by atomic mass is 10.2. The van der Waals surface area contributed by atoms with Crippen molar-refractivity contribution in [1.29, 1.82) is 0 Å². The zero-order valence-electron chi connectivity index (χ0n) is 13.7. The van der Waals surface area contributed by atoms with Gasteiger partial charge in [0.15, 0.2) is 0 Å². The largest absolute Gasteiger partial charge is 0.432 e. The molecule has 0 radical (unpaired) electrons. The number of anilines is 1. The Balaban J connectivity index is 2.85. The highest BCUT2D eigenvalue weighted by atomic mass is 31.2. The van der Waals surface area contributed by atoms with Gasteiger partial charge in [-0.3, -0.25) is 14.1 Å². The summed E-state index contributed by atoms with van der Waals surface area (Å²) in [6.07, 6.45) is -4.41. The van der Waals surface area contributed by atoms with Crippen LogP contribution in [0.2, 0.25) is 0 Å². The van der Waals surface area contributed by atoms with Gasteiger partial charge in [0.25, 0.3) is 0 Å². The quantitative estimate of drug-likeness (QED) is 0.621. The van der Waals surface area contributed by atoms with Gasteiger partial charge < -0.3 is 0 Å². The maximum absolute atomic E-state index is 12.7. The van der Waals surface area contributed by atoms with E-state index in [9.17, 15) is 17.7 Å². The molecule has 0 spiro atoms. The third kappa shape index (κ3) is 7.38. The second-order valence-corrected chi connectivity index (χ2v) is 7.80. The molecule has 1 aromatic rings. The molecule has 0 aromatic heterocycles. The van der Waals surface area contributed by atoms with E-state index in [-0.39, 0.29) is 30.7 Å². The Bertz CT molecular complexity index is 514. The Labute approximate surface area is 135 Å². The van der Waals surface area contributed by atoms with Crippen molar-refractivity contribution in [3.05, 3.63) is 29.8 Å². The minimum Gasteiger partial charge on any atom is -0.293 e. The number of rotatable bonds is 8. The Hall–Kier alpha value is -1.04. The van der Waals surface area contributed by atoms with Crippen LogP contribution in [0, 0.1) is 11.8 Å². The van der Waals surface area contributed by atoms with E-state index in [1.54, 1.807) is 0 Å². The van der Waals surface area contributed by atoms with Crippen molar-refractivity contribution in [2.75, 3.05) is 18.3 Å². The van der Waals surface area contributed by atoms with E-state index < -0.39 is 19.5 Å². The van der Waals surface area contributed by atoms with Gasteiger partial charge in [-0.05, 0) is 36.1 Å². The summed E-state index contributed by atoms with van der Waals surface area (Å²) in [5.41, 5.74) is -0.530. The molecular weight excluding hydrogens is 330 g/mol. The van der Waals surface area contributed by atoms with Crippen LogP contribution in [-0.2, 0) is 19.8 Å². The minimum absolute atomic E-state index is 0.139. The molecule has 1 rings (SSSR count). The van der Waals surface area contributed by atoms with E-state index in [0.29, 0.717) is 0 Å². The molecule has 0 saturated carbocycles. The first kappa shape index (κ1) is 20.0. The van der Waals surface area contributed by atoms with Crippen molar-refractivity contribution >= 4 is 13.4 Å². The first-order chi connectivity index (χ1) is 10.5. The highest BCUT2D eigenvalue weighted by molar-refractivity contribution is 7.55. The predicted molar refractivity (Wildman–Crippen MR) is 84.3 cm³/mol. The molecule has 8 heteroatoms. The standard InChI is InChI=1S/C15H23F3NO3P/c1-11(2)9-21-23(20,22-10-12(3)4)19-14-7-5-13(6-8-14)15(16,17)18/h5-8,11-12H,9-10H2,1-4H3,(H,19,20). The number of hydrogen-bond donors (Lipinski definition) is 1. The normalized spacial score (nSPS) is 12.9. The van der Waals surface area contributed by atoms with Gasteiger partial charge in [-0.1, -0.05) is 27.7 Å². The lowest BCUT2D eigenvalue weighted by Crippen LogP contribution is -2.12. The summed E-state index contributed by atoms with van der Waals surface area (Å²) in [5, 5.41) is 2.59. The van der Waals surface area contributed by atoms with Gasteiger partial charge in [0.1, 0.15) is 0 Å². The smallest absolute Gasteiger partial charge is 0.293 e. The monoisotopic (exact) mass is 353 g/mol. The molecule has 1 aromatic carbocycles. The number of alkyl halides is 3. The Kier molecular flexibility index (Phi) is 7.11. The zero-order valence-corrected chi connectivity index (χ0v) is 14.6. The van der Waals surface area contributed by atoms with Gasteiger partial charge in [0, 0.05) is 5.69 Å². The maximum atomic E-state index is 12.7. The molecule has 0 amide bonds. The number of hydrogen-bond acceptors (Lipinski definition) is 3. The summed E-state index contributed by atoms with van der Waals surface area (Å²) in [5.74, 6) is 0.278. The molecule has 0 aliphatic carbocycles. The average molecular weight is 353 g/mol. The minimum atomic E-state index is -4.41. The van der Waals surface area contributed by atoms with Gasteiger partial charge in [0.05, 0.1) is 18.8 Å². The first-order valence-corrected chi connectivity index (χ1v) is 8.91. The highest BCUT2D eigenvalue weighted by Gasteiger charge is 2.31. The fourth-order valence-corrected chi connectivity index (χ4v) is 3.15. The van der Waals surface area contributed by atoms with Crippen LogP contribution in [0.25, 0.3) is 0 Å². The molecule has 0 bridgehead atoms. The van der Waals surface area contributed by atoms with E-state index in [2.05, 4.69) is 5.09 Å². The SMILES string of the molecule is CC(C)COP(=O)(Nc1ccc(C(F)(F)F)cc1)OCC(C)C. The van der Waals surface area contributed by atoms with Crippen LogP contribution in [0.1, 0.15) is 33.3 Å². The van der Waals surface area contributed by atoms with Gasteiger partial charge in [-0.25, -0.2) is 4.57 Å². The van der Waals surface area contributed by atoms with E-state index >= 15 is 0 Å². The molecule has 4 nitrogen and oxygen atoms in total. The van der Waals surface area contributed by atoms with Crippen LogP contribution < -0.4 is 5.09 Å². The second kappa shape index (κ2) is 8.18. The van der Waals surface area contributed by atoms with E-state index in [0.717, 1.165) is 12.1 Å². The van der Waals surface area contributed by atoms with Crippen molar-refractivity contribution in [3.8, 4) is 0 Å². The van der Waals surface area contributed by atoms with Crippen molar-refractivity contribution in [2.24, 2.45) is 11.8 Å². The van der Waals surface area contributed by atoms with Crippen LogP contribution in [0.4, 0.5) is 18.9 Å². The van der Waals surface area contributed by atoms with E-state index in [1.807, 2.05) is 27.7 Å². The van der Waals surface area contributed by atoms with E-state index in [4.69, 9.17) is 9.05 Å². The van der Waals surface area contributed by atoms with Crippen LogP contribution in [0.5, 0.6) is 0 Å². The van der Waals surface area contributed by atoms with Crippen LogP contribution in [-0.4, -0.2) is 13.2 Å². The van der Waals surface area contributed by atoms with Crippen molar-refractivity contribution in [2.45, 2.75) is 33.9 Å². The lowest BCUT2D eigenvalue weighted by Gasteiger charge is -2.22. The fraction of sp³-hybridized carbons (Fsp3) is 0.600. The number of benzene rings is 1. The highest BCUT2D eigenvalue weighted by Crippen LogP contribution is 2.48. The molecular formula is C15H23F3NO3P.